The van der Waals surface area contributed by atoms with E-state index in [-0.39, 0.29) is 5.92 Å². The van der Waals surface area contributed by atoms with Crippen LogP contribution in [0.15, 0.2) is 18.2 Å². The van der Waals surface area contributed by atoms with Crippen LogP contribution < -0.4 is 0 Å². The second-order valence-electron chi connectivity index (χ2n) is 7.98. The van der Waals surface area contributed by atoms with Crippen LogP contribution in [0.3, 0.4) is 0 Å². The Balaban J connectivity index is 2.33. The molecule has 0 aliphatic carbocycles. The largest absolute Gasteiger partial charge is 0.343 e. The molecule has 0 fully saturated rings. The Morgan fingerprint density at radius 3 is 1.97 bits per heavy atom. The van der Waals surface area contributed by atoms with Gasteiger partial charge < -0.3 is 14.6 Å². The molecule has 0 heterocycles. The number of aryl methyl sites for hydroxylation is 1. The van der Waals surface area contributed by atoms with Gasteiger partial charge in [-0.25, -0.2) is 8.78 Å². The summed E-state index contributed by atoms with van der Waals surface area (Å²) < 4.78 is 37.1. The number of halogens is 2. The van der Waals surface area contributed by atoms with E-state index < -0.39 is 17.6 Å². The Labute approximate surface area is 175 Å². The summed E-state index contributed by atoms with van der Waals surface area (Å²) >= 11 is 0. The molecule has 1 rings (SSSR count). The zero-order valence-corrected chi connectivity index (χ0v) is 18.5. The van der Waals surface area contributed by atoms with Gasteiger partial charge in [-0.2, -0.15) is 0 Å². The molecular weight excluding hydrogens is 374 g/mol. The van der Waals surface area contributed by atoms with E-state index in [1.807, 2.05) is 0 Å². The Morgan fingerprint density at radius 1 is 0.862 bits per heavy atom. The highest BCUT2D eigenvalue weighted by Gasteiger charge is 2.36. The van der Waals surface area contributed by atoms with Gasteiger partial charge in [0.2, 0.25) is 0 Å². The van der Waals surface area contributed by atoms with Gasteiger partial charge in [0.05, 0.1) is 0 Å². The van der Waals surface area contributed by atoms with Crippen molar-refractivity contribution in [2.45, 2.75) is 96.4 Å². The molecule has 0 radical (unpaired) electrons. The summed E-state index contributed by atoms with van der Waals surface area (Å²) in [5.41, 5.74) is 0.570. The van der Waals surface area contributed by atoms with E-state index in [1.165, 1.54) is 58.5 Å². The molecule has 29 heavy (non-hydrogen) atoms. The molecule has 0 amide bonds. The Hall–Kier alpha value is -1.04. The van der Waals surface area contributed by atoms with E-state index in [2.05, 4.69) is 6.92 Å². The minimum atomic E-state index is -1.53. The summed E-state index contributed by atoms with van der Waals surface area (Å²) in [6.45, 7) is 2.21. The third-order valence-corrected chi connectivity index (χ3v) is 5.77. The molecule has 0 saturated carbocycles. The standard InChI is InChI=1S/C24H40F2O3/c1-4-5-6-7-8-12-15-21(24(27,28-2)29-3)16-13-10-9-11-14-20-17-18-22(25)19-23(20)26/h17-19,21,27H,4-16H2,1-3H3. The molecule has 0 saturated heterocycles. The quantitative estimate of drug-likeness (QED) is 0.226. The van der Waals surface area contributed by atoms with Crippen LogP contribution in [0.2, 0.25) is 0 Å². The summed E-state index contributed by atoms with van der Waals surface area (Å²) in [7, 11) is 2.96. The molecule has 168 valence electrons. The van der Waals surface area contributed by atoms with E-state index in [0.717, 1.165) is 51.0 Å². The Bertz CT molecular complexity index is 547. The molecule has 0 aromatic heterocycles. The zero-order valence-electron chi connectivity index (χ0n) is 18.5. The van der Waals surface area contributed by atoms with Crippen LogP contribution in [0, 0.1) is 17.6 Å². The van der Waals surface area contributed by atoms with Crippen molar-refractivity contribution in [3.05, 3.63) is 35.4 Å². The lowest BCUT2D eigenvalue weighted by molar-refractivity contribution is -0.369. The fourth-order valence-electron chi connectivity index (χ4n) is 3.88. The van der Waals surface area contributed by atoms with Gasteiger partial charge in [-0.1, -0.05) is 70.8 Å². The van der Waals surface area contributed by atoms with E-state index in [9.17, 15) is 13.9 Å². The number of ether oxygens (including phenoxy) is 2. The first-order valence-corrected chi connectivity index (χ1v) is 11.2. The minimum Gasteiger partial charge on any atom is -0.343 e. The first-order valence-electron chi connectivity index (χ1n) is 11.2. The third-order valence-electron chi connectivity index (χ3n) is 5.77. The molecule has 1 N–H and O–H groups in total. The van der Waals surface area contributed by atoms with Gasteiger partial charge in [-0.3, -0.25) is 0 Å². The van der Waals surface area contributed by atoms with Gasteiger partial charge in [0.15, 0.2) is 0 Å². The second-order valence-corrected chi connectivity index (χ2v) is 7.98. The van der Waals surface area contributed by atoms with Crippen molar-refractivity contribution in [1.82, 2.24) is 0 Å². The number of aliphatic hydroxyl groups is 1. The normalized spacial score (nSPS) is 13.0. The van der Waals surface area contributed by atoms with Gasteiger partial charge >= 0.3 is 0 Å². The van der Waals surface area contributed by atoms with Crippen molar-refractivity contribution in [1.29, 1.82) is 0 Å². The number of hydrogen-bond donors (Lipinski definition) is 1. The SMILES string of the molecule is CCCCCCCCC(CCCCCCc1ccc(F)cc1F)C(O)(OC)OC. The fraction of sp³-hybridized carbons (Fsp3) is 0.750. The monoisotopic (exact) mass is 414 g/mol. The van der Waals surface area contributed by atoms with E-state index >= 15 is 0 Å². The number of methoxy groups -OCH3 is 2. The number of hydrogen-bond acceptors (Lipinski definition) is 3. The highest BCUT2D eigenvalue weighted by Crippen LogP contribution is 2.30. The molecular formula is C24H40F2O3. The molecule has 1 atom stereocenters. The molecule has 5 heteroatoms. The summed E-state index contributed by atoms with van der Waals surface area (Å²) in [4.78, 5) is 0. The lowest BCUT2D eigenvalue weighted by atomic mass is 9.91. The molecule has 0 aliphatic rings. The third kappa shape index (κ3) is 10.0. The first-order chi connectivity index (χ1) is 14.0. The molecule has 0 aliphatic heterocycles. The van der Waals surface area contributed by atoms with Crippen molar-refractivity contribution < 1.29 is 23.4 Å². The smallest absolute Gasteiger partial charge is 0.282 e. The number of benzene rings is 1. The van der Waals surface area contributed by atoms with Crippen molar-refractivity contribution >= 4 is 0 Å². The predicted molar refractivity (Wildman–Crippen MR) is 114 cm³/mol. The molecule has 1 aromatic rings. The lowest BCUT2D eigenvalue weighted by Crippen LogP contribution is -2.42. The fourth-order valence-corrected chi connectivity index (χ4v) is 3.88. The van der Waals surface area contributed by atoms with Crippen LogP contribution in [-0.4, -0.2) is 25.3 Å². The summed E-state index contributed by atoms with van der Waals surface area (Å²) in [6, 6.07) is 3.78. The number of rotatable bonds is 17. The van der Waals surface area contributed by atoms with Crippen LogP contribution >= 0.6 is 0 Å². The van der Waals surface area contributed by atoms with Crippen molar-refractivity contribution in [2.75, 3.05) is 14.2 Å². The lowest BCUT2D eigenvalue weighted by Gasteiger charge is -2.33. The molecule has 0 spiro atoms. The van der Waals surface area contributed by atoms with E-state index in [0.29, 0.717) is 12.0 Å². The average Bonchev–Trinajstić information content (AvgIpc) is 2.72. The maximum absolute atomic E-state index is 13.7. The molecule has 0 bridgehead atoms. The van der Waals surface area contributed by atoms with Crippen LogP contribution in [0.25, 0.3) is 0 Å². The Morgan fingerprint density at radius 2 is 1.41 bits per heavy atom. The predicted octanol–water partition coefficient (Wildman–Crippen LogP) is 6.76. The summed E-state index contributed by atoms with van der Waals surface area (Å²) in [5.74, 6) is -2.58. The van der Waals surface area contributed by atoms with Crippen LogP contribution in [0.4, 0.5) is 8.78 Å². The summed E-state index contributed by atoms with van der Waals surface area (Å²) in [6.07, 6.45) is 13.4. The maximum atomic E-state index is 13.7. The van der Waals surface area contributed by atoms with E-state index in [1.54, 1.807) is 0 Å². The number of unbranched alkanes of at least 4 members (excludes halogenated alkanes) is 8. The zero-order chi connectivity index (χ0) is 21.5. The van der Waals surface area contributed by atoms with Gasteiger partial charge in [-0.05, 0) is 37.3 Å². The maximum Gasteiger partial charge on any atom is 0.282 e. The van der Waals surface area contributed by atoms with Crippen molar-refractivity contribution in [3.8, 4) is 0 Å². The van der Waals surface area contributed by atoms with Gasteiger partial charge in [0.25, 0.3) is 5.97 Å². The average molecular weight is 415 g/mol. The van der Waals surface area contributed by atoms with Crippen LogP contribution in [0.1, 0.15) is 89.5 Å². The van der Waals surface area contributed by atoms with Crippen LogP contribution in [0.5, 0.6) is 0 Å². The van der Waals surface area contributed by atoms with Crippen LogP contribution in [-0.2, 0) is 15.9 Å². The van der Waals surface area contributed by atoms with Gasteiger partial charge in [0, 0.05) is 26.2 Å². The summed E-state index contributed by atoms with van der Waals surface area (Å²) in [5, 5.41) is 10.6. The highest BCUT2D eigenvalue weighted by molar-refractivity contribution is 5.18. The highest BCUT2D eigenvalue weighted by atomic mass is 19.1. The minimum absolute atomic E-state index is 0.0572. The van der Waals surface area contributed by atoms with E-state index in [4.69, 9.17) is 9.47 Å². The second kappa shape index (κ2) is 14.9. The molecule has 1 aromatic carbocycles. The molecule has 3 nitrogen and oxygen atoms in total. The van der Waals surface area contributed by atoms with Crippen molar-refractivity contribution in [3.63, 3.8) is 0 Å². The van der Waals surface area contributed by atoms with Gasteiger partial charge in [-0.15, -0.1) is 0 Å². The first kappa shape index (κ1) is 26.0. The topological polar surface area (TPSA) is 38.7 Å². The van der Waals surface area contributed by atoms with Crippen molar-refractivity contribution in [2.24, 2.45) is 5.92 Å². The van der Waals surface area contributed by atoms with Gasteiger partial charge in [0.1, 0.15) is 11.6 Å². The Kier molecular flexibility index (Phi) is 13.3. The molecule has 1 unspecified atom stereocenters.